The van der Waals surface area contributed by atoms with E-state index in [0.717, 1.165) is 18.7 Å². The van der Waals surface area contributed by atoms with Crippen molar-refractivity contribution in [1.82, 2.24) is 4.98 Å². The van der Waals surface area contributed by atoms with Gasteiger partial charge in [0, 0.05) is 11.9 Å². The highest BCUT2D eigenvalue weighted by atomic mass is 32.2. The van der Waals surface area contributed by atoms with Gasteiger partial charge in [-0.1, -0.05) is 6.92 Å². The van der Waals surface area contributed by atoms with Gasteiger partial charge in [-0.25, -0.2) is 0 Å². The maximum absolute atomic E-state index is 4.13. The molecule has 3 heteroatoms. The van der Waals surface area contributed by atoms with Crippen LogP contribution in [0.2, 0.25) is 0 Å². The minimum absolute atomic E-state index is 0.948. The summed E-state index contributed by atoms with van der Waals surface area (Å²) in [4.78, 5) is 6.42. The molecule has 0 fully saturated rings. The predicted molar refractivity (Wildman–Crippen MR) is 61.8 cm³/mol. The molecule has 1 aromatic rings. The zero-order chi connectivity index (χ0) is 9.80. The lowest BCUT2D eigenvalue weighted by atomic mass is 10.2. The van der Waals surface area contributed by atoms with Crippen molar-refractivity contribution in [2.75, 3.05) is 10.8 Å². The summed E-state index contributed by atoms with van der Waals surface area (Å²) >= 11 is 1.83. The van der Waals surface area contributed by atoms with Gasteiger partial charge in [0.25, 0.3) is 0 Å². The number of anilines is 1. The molecule has 1 aliphatic heterocycles. The van der Waals surface area contributed by atoms with E-state index in [-0.39, 0.29) is 0 Å². The SMILES string of the molecule is [CH2]CCC1=CSCN1c1cccnc1. The summed E-state index contributed by atoms with van der Waals surface area (Å²) in [5.41, 5.74) is 2.54. The molecule has 0 bridgehead atoms. The van der Waals surface area contributed by atoms with Crippen molar-refractivity contribution >= 4 is 17.4 Å². The van der Waals surface area contributed by atoms with Crippen LogP contribution < -0.4 is 4.90 Å². The van der Waals surface area contributed by atoms with Crippen molar-refractivity contribution in [3.8, 4) is 0 Å². The van der Waals surface area contributed by atoms with Gasteiger partial charge < -0.3 is 4.90 Å². The second-order valence-electron chi connectivity index (χ2n) is 3.15. The third-order valence-electron chi connectivity index (χ3n) is 2.16. The fourth-order valence-electron chi connectivity index (χ4n) is 1.48. The molecule has 0 saturated carbocycles. The van der Waals surface area contributed by atoms with E-state index in [1.165, 1.54) is 11.4 Å². The number of pyridine rings is 1. The minimum atomic E-state index is 0.948. The van der Waals surface area contributed by atoms with Gasteiger partial charge in [-0.05, 0) is 30.4 Å². The van der Waals surface area contributed by atoms with E-state index in [2.05, 4.69) is 28.3 Å². The number of allylic oxidation sites excluding steroid dienone is 1. The van der Waals surface area contributed by atoms with Crippen molar-refractivity contribution in [3.05, 3.63) is 42.6 Å². The van der Waals surface area contributed by atoms with Crippen molar-refractivity contribution in [3.63, 3.8) is 0 Å². The summed E-state index contributed by atoms with van der Waals surface area (Å²) in [6, 6.07) is 4.07. The Bertz CT molecular complexity index is 321. The lowest BCUT2D eigenvalue weighted by Gasteiger charge is -2.20. The molecule has 0 aromatic carbocycles. The largest absolute Gasteiger partial charge is 0.333 e. The molecule has 0 atom stereocenters. The van der Waals surface area contributed by atoms with Crippen molar-refractivity contribution in [2.45, 2.75) is 12.8 Å². The fourth-order valence-corrected chi connectivity index (χ4v) is 2.46. The zero-order valence-corrected chi connectivity index (χ0v) is 8.83. The smallest absolute Gasteiger partial charge is 0.0726 e. The third-order valence-corrected chi connectivity index (χ3v) is 3.01. The molecule has 1 aromatic heterocycles. The van der Waals surface area contributed by atoms with E-state index in [4.69, 9.17) is 0 Å². The maximum atomic E-state index is 4.13. The summed E-state index contributed by atoms with van der Waals surface area (Å²) in [7, 11) is 0. The number of hydrogen-bond acceptors (Lipinski definition) is 3. The molecule has 0 spiro atoms. The average Bonchev–Trinajstić information content (AvgIpc) is 2.68. The number of hydrogen-bond donors (Lipinski definition) is 0. The molecule has 0 unspecified atom stereocenters. The van der Waals surface area contributed by atoms with E-state index in [1.54, 1.807) is 6.20 Å². The molecule has 1 aliphatic rings. The molecule has 1 radical (unpaired) electrons. The molecule has 0 N–H and O–H groups in total. The number of thioether (sulfide) groups is 1. The van der Waals surface area contributed by atoms with Crippen LogP contribution in [-0.4, -0.2) is 10.9 Å². The van der Waals surface area contributed by atoms with Crippen LogP contribution in [0.1, 0.15) is 12.8 Å². The molecular weight excluding hydrogens is 192 g/mol. The van der Waals surface area contributed by atoms with Crippen LogP contribution in [0.25, 0.3) is 0 Å². The monoisotopic (exact) mass is 205 g/mol. The normalized spacial score (nSPS) is 15.8. The Morgan fingerprint density at radius 1 is 1.57 bits per heavy atom. The molecule has 2 nitrogen and oxygen atoms in total. The molecule has 73 valence electrons. The Morgan fingerprint density at radius 2 is 2.50 bits per heavy atom. The summed E-state index contributed by atoms with van der Waals surface area (Å²) < 4.78 is 0. The first-order valence-electron chi connectivity index (χ1n) is 4.69. The van der Waals surface area contributed by atoms with Crippen molar-refractivity contribution < 1.29 is 0 Å². The van der Waals surface area contributed by atoms with Crippen LogP contribution >= 0.6 is 11.8 Å². The van der Waals surface area contributed by atoms with Crippen LogP contribution in [0, 0.1) is 6.92 Å². The highest BCUT2D eigenvalue weighted by Crippen LogP contribution is 2.30. The van der Waals surface area contributed by atoms with Crippen LogP contribution in [0.4, 0.5) is 5.69 Å². The van der Waals surface area contributed by atoms with Crippen LogP contribution in [0.3, 0.4) is 0 Å². The molecule has 0 aliphatic carbocycles. The van der Waals surface area contributed by atoms with Crippen molar-refractivity contribution in [1.29, 1.82) is 0 Å². The quantitative estimate of drug-likeness (QED) is 0.754. The van der Waals surface area contributed by atoms with Gasteiger partial charge in [-0.2, -0.15) is 0 Å². The van der Waals surface area contributed by atoms with Crippen LogP contribution in [-0.2, 0) is 0 Å². The van der Waals surface area contributed by atoms with Gasteiger partial charge in [0.1, 0.15) is 0 Å². The summed E-state index contributed by atoms with van der Waals surface area (Å²) in [5.74, 6) is 1.00. The summed E-state index contributed by atoms with van der Waals surface area (Å²) in [6.07, 6.45) is 5.70. The van der Waals surface area contributed by atoms with E-state index in [0.29, 0.717) is 0 Å². The first kappa shape index (κ1) is 9.59. The van der Waals surface area contributed by atoms with Gasteiger partial charge in [0.15, 0.2) is 0 Å². The fraction of sp³-hybridized carbons (Fsp3) is 0.273. The zero-order valence-electron chi connectivity index (χ0n) is 8.02. The van der Waals surface area contributed by atoms with E-state index in [1.807, 2.05) is 24.0 Å². The van der Waals surface area contributed by atoms with Crippen molar-refractivity contribution in [2.24, 2.45) is 0 Å². The summed E-state index contributed by atoms with van der Waals surface area (Å²) in [6.45, 7) is 3.88. The molecule has 0 saturated heterocycles. The lowest BCUT2D eigenvalue weighted by molar-refractivity contribution is 0.909. The lowest BCUT2D eigenvalue weighted by Crippen LogP contribution is -2.17. The van der Waals surface area contributed by atoms with Gasteiger partial charge in [-0.3, -0.25) is 4.98 Å². The molecule has 2 heterocycles. The van der Waals surface area contributed by atoms with Gasteiger partial charge in [0.2, 0.25) is 0 Å². The standard InChI is InChI=1S/C11H13N2S/c1-2-4-11-8-14-9-13(11)10-5-3-6-12-7-10/h3,5-8H,1-2,4,9H2. The topological polar surface area (TPSA) is 16.1 Å². The predicted octanol–water partition coefficient (Wildman–Crippen LogP) is 3.05. The Morgan fingerprint density at radius 3 is 3.21 bits per heavy atom. The average molecular weight is 205 g/mol. The van der Waals surface area contributed by atoms with Gasteiger partial charge in [-0.15, -0.1) is 11.8 Å². The molecular formula is C11H13N2S. The van der Waals surface area contributed by atoms with Gasteiger partial charge in [0.05, 0.1) is 17.8 Å². The third kappa shape index (κ3) is 1.93. The minimum Gasteiger partial charge on any atom is -0.333 e. The Hall–Kier alpha value is -0.960. The van der Waals surface area contributed by atoms with Crippen LogP contribution in [0.15, 0.2) is 35.6 Å². The number of nitrogens with zero attached hydrogens (tertiary/aromatic N) is 2. The summed E-state index contributed by atoms with van der Waals surface area (Å²) in [5, 5.41) is 2.22. The Kier molecular flexibility index (Phi) is 3.09. The Labute approximate surface area is 89.0 Å². The highest BCUT2D eigenvalue weighted by molar-refractivity contribution is 8.02. The van der Waals surface area contributed by atoms with Gasteiger partial charge >= 0.3 is 0 Å². The first-order valence-corrected chi connectivity index (χ1v) is 5.74. The highest BCUT2D eigenvalue weighted by Gasteiger charge is 2.16. The Balaban J connectivity index is 2.16. The van der Waals surface area contributed by atoms with E-state index < -0.39 is 0 Å². The first-order chi connectivity index (χ1) is 6.92. The second kappa shape index (κ2) is 4.51. The van der Waals surface area contributed by atoms with E-state index in [9.17, 15) is 0 Å². The number of rotatable bonds is 3. The maximum Gasteiger partial charge on any atom is 0.0726 e. The number of aromatic nitrogens is 1. The molecule has 0 amide bonds. The second-order valence-corrected chi connectivity index (χ2v) is 3.97. The van der Waals surface area contributed by atoms with E-state index >= 15 is 0 Å². The molecule has 14 heavy (non-hydrogen) atoms. The molecule has 2 rings (SSSR count). The van der Waals surface area contributed by atoms with Crippen LogP contribution in [0.5, 0.6) is 0 Å².